The first-order valence-corrected chi connectivity index (χ1v) is 8.64. The molecule has 1 aromatic carbocycles. The Bertz CT molecular complexity index is 676. The predicted octanol–water partition coefficient (Wildman–Crippen LogP) is 3.11. The van der Waals surface area contributed by atoms with E-state index in [4.69, 9.17) is 5.11 Å². The molecule has 1 fully saturated rings. The summed E-state index contributed by atoms with van der Waals surface area (Å²) >= 11 is 0. The molecule has 0 saturated heterocycles. The molecule has 2 amide bonds. The van der Waals surface area contributed by atoms with Crippen molar-refractivity contribution in [1.29, 1.82) is 0 Å². The van der Waals surface area contributed by atoms with Crippen LogP contribution in [0.3, 0.4) is 0 Å². The molecule has 0 aliphatic heterocycles. The summed E-state index contributed by atoms with van der Waals surface area (Å²) in [5, 5.41) is 14.9. The minimum absolute atomic E-state index is 0.0973. The summed E-state index contributed by atoms with van der Waals surface area (Å²) in [6.45, 7) is 4.83. The number of carboxylic acids is 1. The Morgan fingerprint density at radius 1 is 1.20 bits per heavy atom. The van der Waals surface area contributed by atoms with E-state index in [2.05, 4.69) is 10.6 Å². The van der Waals surface area contributed by atoms with Crippen LogP contribution in [-0.4, -0.2) is 28.9 Å². The maximum Gasteiger partial charge on any atom is 0.309 e. The molecule has 3 N–H and O–H groups in total. The summed E-state index contributed by atoms with van der Waals surface area (Å²) < 4.78 is 0. The van der Waals surface area contributed by atoms with E-state index in [9.17, 15) is 14.4 Å². The van der Waals surface area contributed by atoms with Crippen molar-refractivity contribution >= 4 is 23.5 Å². The number of nitrogens with one attached hydrogen (secondary N) is 2. The molecule has 6 nitrogen and oxygen atoms in total. The van der Waals surface area contributed by atoms with Crippen molar-refractivity contribution in [2.24, 2.45) is 5.41 Å². The zero-order valence-corrected chi connectivity index (χ0v) is 15.0. The number of rotatable bonds is 6. The highest BCUT2D eigenvalue weighted by Gasteiger charge is 2.30. The van der Waals surface area contributed by atoms with E-state index in [0.29, 0.717) is 11.3 Å². The number of carbonyl (C=O) groups is 3. The number of anilines is 1. The molecule has 2 rings (SSSR count). The Kier molecular flexibility index (Phi) is 5.82. The lowest BCUT2D eigenvalue weighted by atomic mass is 9.89. The first kappa shape index (κ1) is 19.0. The van der Waals surface area contributed by atoms with Gasteiger partial charge in [0, 0.05) is 23.7 Å². The lowest BCUT2D eigenvalue weighted by molar-refractivity contribution is -0.148. The summed E-state index contributed by atoms with van der Waals surface area (Å²) in [5.41, 5.74) is 0.788. The normalized spacial score (nSPS) is 15.0. The van der Waals surface area contributed by atoms with E-state index in [-0.39, 0.29) is 24.3 Å². The molecule has 0 unspecified atom stereocenters. The van der Waals surface area contributed by atoms with Gasteiger partial charge in [-0.05, 0) is 57.4 Å². The van der Waals surface area contributed by atoms with Crippen LogP contribution in [0.1, 0.15) is 61.9 Å². The lowest BCUT2D eigenvalue weighted by Gasteiger charge is -2.19. The summed E-state index contributed by atoms with van der Waals surface area (Å²) in [6.07, 6.45) is 4.24. The van der Waals surface area contributed by atoms with Crippen LogP contribution in [0.2, 0.25) is 0 Å². The van der Waals surface area contributed by atoms with E-state index < -0.39 is 11.4 Å². The molecule has 0 radical (unpaired) electrons. The molecule has 6 heteroatoms. The fourth-order valence-electron chi connectivity index (χ4n) is 2.96. The second-order valence-electron chi connectivity index (χ2n) is 7.40. The maximum atomic E-state index is 12.3. The van der Waals surface area contributed by atoms with E-state index in [1.165, 1.54) is 13.8 Å². The number of aryl methyl sites for hydroxylation is 1. The van der Waals surface area contributed by atoms with Crippen molar-refractivity contribution in [1.82, 2.24) is 5.32 Å². The van der Waals surface area contributed by atoms with Gasteiger partial charge in [-0.25, -0.2) is 0 Å². The lowest BCUT2D eigenvalue weighted by Crippen LogP contribution is -2.32. The number of hydrogen-bond acceptors (Lipinski definition) is 3. The van der Waals surface area contributed by atoms with Gasteiger partial charge in [0.25, 0.3) is 5.91 Å². The summed E-state index contributed by atoms with van der Waals surface area (Å²) in [4.78, 5) is 35.5. The smallest absolute Gasteiger partial charge is 0.309 e. The van der Waals surface area contributed by atoms with E-state index >= 15 is 0 Å². The molecule has 25 heavy (non-hydrogen) atoms. The predicted molar refractivity (Wildman–Crippen MR) is 95.6 cm³/mol. The molecule has 1 aromatic rings. The van der Waals surface area contributed by atoms with E-state index in [1.807, 2.05) is 6.92 Å². The Labute approximate surface area is 148 Å². The minimum atomic E-state index is -1.13. The molecule has 0 bridgehead atoms. The molecular weight excluding hydrogens is 320 g/mol. The van der Waals surface area contributed by atoms with Crippen LogP contribution in [0.4, 0.5) is 5.69 Å². The summed E-state index contributed by atoms with van der Waals surface area (Å²) in [6, 6.07) is 5.35. The van der Waals surface area contributed by atoms with Gasteiger partial charge in [-0.15, -0.1) is 0 Å². The van der Waals surface area contributed by atoms with Gasteiger partial charge in [0.05, 0.1) is 5.41 Å². The Morgan fingerprint density at radius 3 is 2.40 bits per heavy atom. The van der Waals surface area contributed by atoms with Crippen LogP contribution >= 0.6 is 0 Å². The standard InChI is InChI=1S/C19H26N2O4/c1-12-10-13(17(23)20-14-6-4-5-7-14)8-9-15(12)21-16(22)11-19(2,3)18(24)25/h8-10,14H,4-7,11H2,1-3H3,(H,20,23)(H,21,22)(H,24,25). The average molecular weight is 346 g/mol. The fourth-order valence-corrected chi connectivity index (χ4v) is 2.96. The van der Waals surface area contributed by atoms with Crippen molar-refractivity contribution in [3.05, 3.63) is 29.3 Å². The topological polar surface area (TPSA) is 95.5 Å². The summed E-state index contributed by atoms with van der Waals surface area (Å²) in [5.74, 6) is -1.48. The highest BCUT2D eigenvalue weighted by Crippen LogP contribution is 2.23. The molecule has 0 aromatic heterocycles. The molecule has 0 spiro atoms. The highest BCUT2D eigenvalue weighted by atomic mass is 16.4. The van der Waals surface area contributed by atoms with Gasteiger partial charge in [-0.3, -0.25) is 14.4 Å². The largest absolute Gasteiger partial charge is 0.481 e. The first-order valence-electron chi connectivity index (χ1n) is 8.64. The van der Waals surface area contributed by atoms with Crippen LogP contribution < -0.4 is 10.6 Å². The van der Waals surface area contributed by atoms with Gasteiger partial charge in [0.2, 0.25) is 5.91 Å². The molecule has 1 aliphatic carbocycles. The van der Waals surface area contributed by atoms with Crippen LogP contribution in [0.15, 0.2) is 18.2 Å². The van der Waals surface area contributed by atoms with Crippen LogP contribution in [-0.2, 0) is 9.59 Å². The molecule has 1 aliphatic rings. The van der Waals surface area contributed by atoms with Crippen LogP contribution in [0, 0.1) is 12.3 Å². The Morgan fingerprint density at radius 2 is 1.84 bits per heavy atom. The molecule has 0 atom stereocenters. The van der Waals surface area contributed by atoms with Crippen LogP contribution in [0.5, 0.6) is 0 Å². The van der Waals surface area contributed by atoms with Crippen molar-refractivity contribution in [3.63, 3.8) is 0 Å². The SMILES string of the molecule is Cc1cc(C(=O)NC2CCCC2)ccc1NC(=O)CC(C)(C)C(=O)O. The van der Waals surface area contributed by atoms with Crippen molar-refractivity contribution in [2.75, 3.05) is 5.32 Å². The van der Waals surface area contributed by atoms with Gasteiger partial charge in [0.1, 0.15) is 0 Å². The zero-order valence-electron chi connectivity index (χ0n) is 15.0. The van der Waals surface area contributed by atoms with Crippen molar-refractivity contribution < 1.29 is 19.5 Å². The van der Waals surface area contributed by atoms with Gasteiger partial charge in [0.15, 0.2) is 0 Å². The average Bonchev–Trinajstić information content (AvgIpc) is 3.01. The summed E-state index contributed by atoms with van der Waals surface area (Å²) in [7, 11) is 0. The number of aliphatic carboxylic acids is 1. The van der Waals surface area contributed by atoms with Gasteiger partial charge >= 0.3 is 5.97 Å². The van der Waals surface area contributed by atoms with Gasteiger partial charge < -0.3 is 15.7 Å². The Balaban J connectivity index is 2.00. The first-order chi connectivity index (χ1) is 11.7. The van der Waals surface area contributed by atoms with Crippen molar-refractivity contribution in [2.45, 2.75) is 58.9 Å². The number of hydrogen-bond donors (Lipinski definition) is 3. The fraction of sp³-hybridized carbons (Fsp3) is 0.526. The third kappa shape index (κ3) is 5.05. The van der Waals surface area contributed by atoms with E-state index in [1.54, 1.807) is 18.2 Å². The second-order valence-corrected chi connectivity index (χ2v) is 7.40. The van der Waals surface area contributed by atoms with Gasteiger partial charge in [-0.1, -0.05) is 12.8 Å². The monoisotopic (exact) mass is 346 g/mol. The molecule has 0 heterocycles. The maximum absolute atomic E-state index is 12.3. The number of carbonyl (C=O) groups excluding carboxylic acids is 2. The van der Waals surface area contributed by atoms with Crippen molar-refractivity contribution in [3.8, 4) is 0 Å². The third-order valence-corrected chi connectivity index (χ3v) is 4.63. The van der Waals surface area contributed by atoms with Gasteiger partial charge in [-0.2, -0.15) is 0 Å². The second kappa shape index (κ2) is 7.68. The number of carboxylic acid groups (broad SMARTS) is 1. The Hall–Kier alpha value is -2.37. The number of benzene rings is 1. The number of amides is 2. The molecule has 136 valence electrons. The minimum Gasteiger partial charge on any atom is -0.481 e. The highest BCUT2D eigenvalue weighted by molar-refractivity contribution is 5.97. The zero-order chi connectivity index (χ0) is 18.6. The molecule has 1 saturated carbocycles. The molecular formula is C19H26N2O4. The van der Waals surface area contributed by atoms with Crippen LogP contribution in [0.25, 0.3) is 0 Å². The van der Waals surface area contributed by atoms with E-state index in [0.717, 1.165) is 31.2 Å². The third-order valence-electron chi connectivity index (χ3n) is 4.63. The quantitative estimate of drug-likeness (QED) is 0.737.